The summed E-state index contributed by atoms with van der Waals surface area (Å²) in [5.74, 6) is -0.603. The molecule has 0 spiro atoms. The standard InChI is InChI=1S/C19H13Br2ClN2O5/c1-28-16(25)9-29-17-13(20)6-10(7-14(17)21)8-15-18(26)24(19(27)23-15)12-4-2-11(22)3-5-12/h2-8H,9H2,1H3,(H,23,27)/b15-8+. The second-order valence-electron chi connectivity index (χ2n) is 5.78. The lowest BCUT2D eigenvalue weighted by atomic mass is 10.2. The largest absolute Gasteiger partial charge is 0.480 e. The molecule has 0 bridgehead atoms. The minimum atomic E-state index is -0.556. The average Bonchev–Trinajstić information content (AvgIpc) is 2.95. The highest BCUT2D eigenvalue weighted by Gasteiger charge is 2.34. The first kappa shape index (κ1) is 21.4. The zero-order valence-electron chi connectivity index (χ0n) is 14.9. The molecule has 150 valence electrons. The van der Waals surface area contributed by atoms with Crippen molar-refractivity contribution in [3.63, 3.8) is 0 Å². The Morgan fingerprint density at radius 1 is 1.17 bits per heavy atom. The summed E-state index contributed by atoms with van der Waals surface area (Å²) >= 11 is 12.6. The Morgan fingerprint density at radius 2 is 1.79 bits per heavy atom. The number of esters is 1. The molecule has 29 heavy (non-hydrogen) atoms. The normalized spacial score (nSPS) is 14.9. The van der Waals surface area contributed by atoms with Gasteiger partial charge in [-0.05, 0) is 79.9 Å². The van der Waals surface area contributed by atoms with Gasteiger partial charge in [-0.3, -0.25) is 4.79 Å². The van der Waals surface area contributed by atoms with Gasteiger partial charge in [-0.2, -0.15) is 0 Å². The van der Waals surface area contributed by atoms with E-state index < -0.39 is 17.9 Å². The highest BCUT2D eigenvalue weighted by atomic mass is 79.9. The van der Waals surface area contributed by atoms with Crippen molar-refractivity contribution in [3.05, 3.63) is 61.6 Å². The lowest BCUT2D eigenvalue weighted by Crippen LogP contribution is -2.30. The number of halogens is 3. The summed E-state index contributed by atoms with van der Waals surface area (Å²) < 4.78 is 11.1. The highest BCUT2D eigenvalue weighted by Crippen LogP contribution is 2.35. The number of hydrogen-bond donors (Lipinski definition) is 1. The number of methoxy groups -OCH3 is 1. The Labute approximate surface area is 187 Å². The highest BCUT2D eigenvalue weighted by molar-refractivity contribution is 9.11. The fourth-order valence-electron chi connectivity index (χ4n) is 2.52. The van der Waals surface area contributed by atoms with Crippen molar-refractivity contribution < 1.29 is 23.9 Å². The van der Waals surface area contributed by atoms with Crippen LogP contribution in [0.5, 0.6) is 5.75 Å². The lowest BCUT2D eigenvalue weighted by Gasteiger charge is -2.11. The molecule has 1 N–H and O–H groups in total. The molecule has 0 radical (unpaired) electrons. The molecule has 1 heterocycles. The van der Waals surface area contributed by atoms with Crippen LogP contribution in [0.3, 0.4) is 0 Å². The molecule has 0 atom stereocenters. The van der Waals surface area contributed by atoms with Crippen LogP contribution in [-0.4, -0.2) is 31.6 Å². The summed E-state index contributed by atoms with van der Waals surface area (Å²) in [6.07, 6.45) is 1.54. The zero-order valence-corrected chi connectivity index (χ0v) is 18.8. The van der Waals surface area contributed by atoms with Gasteiger partial charge in [-0.15, -0.1) is 0 Å². The number of benzene rings is 2. The van der Waals surface area contributed by atoms with Gasteiger partial charge in [0.05, 0.1) is 21.7 Å². The smallest absolute Gasteiger partial charge is 0.343 e. The number of nitrogens with one attached hydrogen (secondary N) is 1. The third-order valence-corrected chi connectivity index (χ3v) is 5.29. The van der Waals surface area contributed by atoms with Crippen molar-refractivity contribution in [3.8, 4) is 5.75 Å². The van der Waals surface area contributed by atoms with Gasteiger partial charge in [-0.25, -0.2) is 14.5 Å². The fourth-order valence-corrected chi connectivity index (χ4v) is 4.09. The van der Waals surface area contributed by atoms with Crippen molar-refractivity contribution in [1.82, 2.24) is 5.32 Å². The molecule has 1 saturated heterocycles. The van der Waals surface area contributed by atoms with E-state index in [1.165, 1.54) is 13.2 Å². The van der Waals surface area contributed by atoms with Gasteiger partial charge in [0, 0.05) is 5.02 Å². The van der Waals surface area contributed by atoms with Gasteiger partial charge in [0.25, 0.3) is 5.91 Å². The molecule has 1 fully saturated rings. The van der Waals surface area contributed by atoms with Crippen LogP contribution in [0, 0.1) is 0 Å². The number of carbonyl (C=O) groups is 3. The van der Waals surface area contributed by atoms with Crippen LogP contribution in [0.4, 0.5) is 10.5 Å². The van der Waals surface area contributed by atoms with Crippen molar-refractivity contribution in [2.45, 2.75) is 0 Å². The molecule has 10 heteroatoms. The Kier molecular flexibility index (Phi) is 6.61. The zero-order chi connectivity index (χ0) is 21.1. The third kappa shape index (κ3) is 4.80. The van der Waals surface area contributed by atoms with Crippen LogP contribution >= 0.6 is 43.5 Å². The van der Waals surface area contributed by atoms with Crippen LogP contribution in [0.25, 0.3) is 6.08 Å². The molecule has 7 nitrogen and oxygen atoms in total. The van der Waals surface area contributed by atoms with Crippen molar-refractivity contribution in [2.24, 2.45) is 0 Å². The number of amides is 3. The van der Waals surface area contributed by atoms with Crippen molar-refractivity contribution in [2.75, 3.05) is 18.6 Å². The summed E-state index contributed by atoms with van der Waals surface area (Å²) in [4.78, 5) is 37.3. The number of carbonyl (C=O) groups excluding carboxylic acids is 3. The maximum absolute atomic E-state index is 12.7. The van der Waals surface area contributed by atoms with E-state index in [1.807, 2.05) is 0 Å². The van der Waals surface area contributed by atoms with Crippen LogP contribution < -0.4 is 15.0 Å². The predicted octanol–water partition coefficient (Wildman–Crippen LogP) is 4.51. The molecule has 3 amide bonds. The first-order chi connectivity index (χ1) is 13.8. The summed E-state index contributed by atoms with van der Waals surface area (Å²) in [6.45, 7) is -0.251. The molecule has 1 aliphatic heterocycles. The van der Waals surface area contributed by atoms with Gasteiger partial charge in [-0.1, -0.05) is 11.6 Å². The Bertz CT molecular complexity index is 1000. The Morgan fingerprint density at radius 3 is 2.38 bits per heavy atom. The predicted molar refractivity (Wildman–Crippen MR) is 115 cm³/mol. The Balaban J connectivity index is 1.84. The van der Waals surface area contributed by atoms with Gasteiger partial charge in [0.2, 0.25) is 0 Å². The van der Waals surface area contributed by atoms with E-state index in [2.05, 4.69) is 41.9 Å². The van der Waals surface area contributed by atoms with Gasteiger partial charge in [0.15, 0.2) is 6.61 Å². The van der Waals surface area contributed by atoms with E-state index in [0.717, 1.165) is 4.90 Å². The molecule has 0 aliphatic carbocycles. The third-order valence-electron chi connectivity index (χ3n) is 3.86. The minimum Gasteiger partial charge on any atom is -0.480 e. The topological polar surface area (TPSA) is 84.9 Å². The lowest BCUT2D eigenvalue weighted by molar-refractivity contribution is -0.142. The SMILES string of the molecule is COC(=O)COc1c(Br)cc(/C=C2/NC(=O)N(c3ccc(Cl)cc3)C2=O)cc1Br. The van der Waals surface area contributed by atoms with Crippen LogP contribution in [0.2, 0.25) is 5.02 Å². The van der Waals surface area contributed by atoms with Crippen LogP contribution in [-0.2, 0) is 14.3 Å². The van der Waals surface area contributed by atoms with E-state index in [4.69, 9.17) is 16.3 Å². The summed E-state index contributed by atoms with van der Waals surface area (Å²) in [5, 5.41) is 3.06. The number of anilines is 1. The summed E-state index contributed by atoms with van der Waals surface area (Å²) in [6, 6.07) is 9.19. The number of nitrogens with zero attached hydrogens (tertiary/aromatic N) is 1. The first-order valence-electron chi connectivity index (χ1n) is 8.11. The average molecular weight is 545 g/mol. The van der Waals surface area contributed by atoms with E-state index in [0.29, 0.717) is 31.0 Å². The van der Waals surface area contributed by atoms with E-state index >= 15 is 0 Å². The van der Waals surface area contributed by atoms with Crippen LogP contribution in [0.15, 0.2) is 51.0 Å². The van der Waals surface area contributed by atoms with Crippen LogP contribution in [0.1, 0.15) is 5.56 Å². The monoisotopic (exact) mass is 542 g/mol. The molecular weight excluding hydrogens is 531 g/mol. The molecule has 1 aliphatic rings. The first-order valence-corrected chi connectivity index (χ1v) is 10.1. The number of rotatable bonds is 5. The van der Waals surface area contributed by atoms with Crippen molar-refractivity contribution in [1.29, 1.82) is 0 Å². The quantitative estimate of drug-likeness (QED) is 0.340. The molecule has 2 aromatic rings. The maximum Gasteiger partial charge on any atom is 0.343 e. The van der Waals surface area contributed by atoms with Gasteiger partial charge >= 0.3 is 12.0 Å². The number of hydrogen-bond acceptors (Lipinski definition) is 5. The molecule has 2 aromatic carbocycles. The maximum atomic E-state index is 12.7. The van der Waals surface area contributed by atoms with E-state index in [1.54, 1.807) is 36.4 Å². The van der Waals surface area contributed by atoms with Gasteiger partial charge in [0.1, 0.15) is 11.4 Å². The molecule has 0 aromatic heterocycles. The summed E-state index contributed by atoms with van der Waals surface area (Å²) in [7, 11) is 1.27. The fraction of sp³-hybridized carbons (Fsp3) is 0.105. The Hall–Kier alpha value is -2.36. The number of urea groups is 1. The summed E-state index contributed by atoms with van der Waals surface area (Å²) in [5.41, 5.74) is 1.15. The second-order valence-corrected chi connectivity index (χ2v) is 7.93. The molecule has 0 unspecified atom stereocenters. The van der Waals surface area contributed by atoms with Crippen molar-refractivity contribution >= 4 is 73.1 Å². The molecule has 0 saturated carbocycles. The van der Waals surface area contributed by atoms with E-state index in [-0.39, 0.29) is 12.3 Å². The molecular formula is C19H13Br2ClN2O5. The van der Waals surface area contributed by atoms with Gasteiger partial charge < -0.3 is 14.8 Å². The number of ether oxygens (including phenoxy) is 2. The second kappa shape index (κ2) is 8.98. The molecule has 3 rings (SSSR count). The number of imide groups is 1. The minimum absolute atomic E-state index is 0.118. The van der Waals surface area contributed by atoms with E-state index in [9.17, 15) is 14.4 Å².